The second kappa shape index (κ2) is 3.99. The minimum Gasteiger partial charge on any atom is -0.382 e. The number of hydrazine groups is 2. The molecule has 0 fully saturated rings. The lowest BCUT2D eigenvalue weighted by Crippen LogP contribution is -2.48. The molecule has 0 aliphatic carbocycles. The Morgan fingerprint density at radius 2 is 2.15 bits per heavy atom. The molecule has 6 heteroatoms. The molecule has 0 bridgehead atoms. The van der Waals surface area contributed by atoms with E-state index in [-0.39, 0.29) is 0 Å². The Labute approximate surface area is 77.8 Å². The van der Waals surface area contributed by atoms with Gasteiger partial charge >= 0.3 is 0 Å². The van der Waals surface area contributed by atoms with Crippen LogP contribution in [0.25, 0.3) is 0 Å². The predicted molar refractivity (Wildman–Crippen MR) is 51.8 cm³/mol. The van der Waals surface area contributed by atoms with Gasteiger partial charge in [-0.15, -0.1) is 10.3 Å². The lowest BCUT2D eigenvalue weighted by atomic mass is 10.4. The molecule has 0 aromatic heterocycles. The molecule has 0 spiro atoms. The average molecular weight is 184 g/mol. The highest BCUT2D eigenvalue weighted by Crippen LogP contribution is 2.03. The third-order valence-electron chi connectivity index (χ3n) is 1.84. The van der Waals surface area contributed by atoms with Gasteiger partial charge in [-0.05, 0) is 13.8 Å². The van der Waals surface area contributed by atoms with Crippen LogP contribution in [-0.2, 0) is 0 Å². The van der Waals surface area contributed by atoms with Crippen molar-refractivity contribution < 1.29 is 0 Å². The lowest BCUT2D eigenvalue weighted by Gasteiger charge is -2.30. The molecule has 0 amide bonds. The molecule has 1 aliphatic heterocycles. The molecular formula is C7H16N6. The number of nitrogens with zero attached hydrogens (tertiary/aromatic N) is 3. The van der Waals surface area contributed by atoms with Crippen molar-refractivity contribution in [2.45, 2.75) is 13.8 Å². The molecule has 6 nitrogen and oxygen atoms in total. The standard InChI is InChI=1S/C7H16N6/c1-3-12(4-2)7-5-6(8)10-13(9)11-7/h5,11H,3-4,9H2,1-2H3,(H2,8,10). The van der Waals surface area contributed by atoms with E-state index in [1.165, 1.54) is 0 Å². The van der Waals surface area contributed by atoms with Gasteiger partial charge < -0.3 is 10.6 Å². The first-order valence-electron chi connectivity index (χ1n) is 4.29. The third kappa shape index (κ3) is 2.25. The zero-order valence-corrected chi connectivity index (χ0v) is 7.99. The van der Waals surface area contributed by atoms with E-state index in [0.29, 0.717) is 5.84 Å². The average Bonchev–Trinajstić information content (AvgIpc) is 2.04. The molecular weight excluding hydrogens is 168 g/mol. The maximum Gasteiger partial charge on any atom is 0.150 e. The summed E-state index contributed by atoms with van der Waals surface area (Å²) in [5.41, 5.74) is 8.43. The van der Waals surface area contributed by atoms with Gasteiger partial charge in [0.2, 0.25) is 0 Å². The van der Waals surface area contributed by atoms with E-state index in [1.54, 1.807) is 6.08 Å². The van der Waals surface area contributed by atoms with Crippen LogP contribution in [0.5, 0.6) is 0 Å². The Balaban J connectivity index is 2.74. The smallest absolute Gasteiger partial charge is 0.150 e. The normalized spacial score (nSPS) is 16.1. The largest absolute Gasteiger partial charge is 0.382 e. The molecule has 0 aromatic rings. The first-order chi connectivity index (χ1) is 6.17. The predicted octanol–water partition coefficient (Wildman–Crippen LogP) is -0.864. The summed E-state index contributed by atoms with van der Waals surface area (Å²) in [6.07, 6.45) is 1.76. The highest BCUT2D eigenvalue weighted by Gasteiger charge is 2.11. The Hall–Kier alpha value is -1.43. The number of hydrogen-bond acceptors (Lipinski definition) is 6. The lowest BCUT2D eigenvalue weighted by molar-refractivity contribution is 0.180. The van der Waals surface area contributed by atoms with Crippen LogP contribution < -0.4 is 17.0 Å². The van der Waals surface area contributed by atoms with Crippen molar-refractivity contribution in [3.8, 4) is 0 Å². The maximum absolute atomic E-state index is 5.55. The Bertz CT molecular complexity index is 229. The molecule has 13 heavy (non-hydrogen) atoms. The molecule has 0 aromatic carbocycles. The van der Waals surface area contributed by atoms with Crippen molar-refractivity contribution in [3.63, 3.8) is 0 Å². The summed E-state index contributed by atoms with van der Waals surface area (Å²) in [6, 6.07) is 0. The van der Waals surface area contributed by atoms with Gasteiger partial charge in [-0.25, -0.2) is 5.84 Å². The van der Waals surface area contributed by atoms with Crippen LogP contribution in [0.15, 0.2) is 17.0 Å². The van der Waals surface area contributed by atoms with Crippen LogP contribution in [0.1, 0.15) is 13.8 Å². The van der Waals surface area contributed by atoms with Crippen molar-refractivity contribution in [1.82, 2.24) is 15.6 Å². The van der Waals surface area contributed by atoms with Crippen LogP contribution in [0.4, 0.5) is 0 Å². The number of nitrogens with one attached hydrogen (secondary N) is 1. The van der Waals surface area contributed by atoms with Gasteiger partial charge in [-0.3, -0.25) is 5.43 Å². The monoisotopic (exact) mass is 184 g/mol. The van der Waals surface area contributed by atoms with E-state index < -0.39 is 0 Å². The fourth-order valence-corrected chi connectivity index (χ4v) is 1.19. The van der Waals surface area contributed by atoms with Gasteiger partial charge in [0.1, 0.15) is 5.82 Å². The zero-order valence-electron chi connectivity index (χ0n) is 7.99. The number of nitrogens with two attached hydrogens (primary N) is 2. The molecule has 1 aliphatic rings. The highest BCUT2D eigenvalue weighted by atomic mass is 15.8. The molecule has 0 radical (unpaired) electrons. The van der Waals surface area contributed by atoms with Crippen LogP contribution >= 0.6 is 0 Å². The Kier molecular flexibility index (Phi) is 2.97. The van der Waals surface area contributed by atoms with E-state index in [1.807, 2.05) is 0 Å². The topological polar surface area (TPSA) is 82.9 Å². The molecule has 74 valence electrons. The van der Waals surface area contributed by atoms with Crippen molar-refractivity contribution in [3.05, 3.63) is 11.9 Å². The molecule has 0 saturated carbocycles. The summed E-state index contributed by atoms with van der Waals surface area (Å²) in [6.45, 7) is 5.93. The second-order valence-electron chi connectivity index (χ2n) is 2.68. The molecule has 0 unspecified atom stereocenters. The summed E-state index contributed by atoms with van der Waals surface area (Å²) >= 11 is 0. The van der Waals surface area contributed by atoms with Gasteiger partial charge in [-0.1, -0.05) is 0 Å². The Morgan fingerprint density at radius 1 is 1.54 bits per heavy atom. The van der Waals surface area contributed by atoms with E-state index in [2.05, 4.69) is 29.3 Å². The van der Waals surface area contributed by atoms with Crippen molar-refractivity contribution in [2.75, 3.05) is 13.1 Å². The van der Waals surface area contributed by atoms with Crippen LogP contribution in [0.3, 0.4) is 0 Å². The minimum absolute atomic E-state index is 0.406. The first kappa shape index (κ1) is 9.66. The van der Waals surface area contributed by atoms with Crippen LogP contribution in [-0.4, -0.2) is 29.1 Å². The van der Waals surface area contributed by atoms with Crippen molar-refractivity contribution >= 4 is 5.84 Å². The summed E-state index contributed by atoms with van der Waals surface area (Å²) in [4.78, 5) is 2.10. The van der Waals surface area contributed by atoms with Gasteiger partial charge in [0.15, 0.2) is 5.84 Å². The number of rotatable bonds is 3. The molecule has 0 atom stereocenters. The van der Waals surface area contributed by atoms with E-state index >= 15 is 0 Å². The molecule has 1 rings (SSSR count). The maximum atomic E-state index is 5.55. The van der Waals surface area contributed by atoms with Crippen molar-refractivity contribution in [1.29, 1.82) is 0 Å². The second-order valence-corrected chi connectivity index (χ2v) is 2.68. The van der Waals surface area contributed by atoms with E-state index in [0.717, 1.165) is 24.1 Å². The fourth-order valence-electron chi connectivity index (χ4n) is 1.19. The summed E-state index contributed by atoms with van der Waals surface area (Å²) < 4.78 is 0. The van der Waals surface area contributed by atoms with E-state index in [9.17, 15) is 0 Å². The van der Waals surface area contributed by atoms with Crippen molar-refractivity contribution in [2.24, 2.45) is 16.7 Å². The fraction of sp³-hybridized carbons (Fsp3) is 0.571. The quantitative estimate of drug-likeness (QED) is 0.497. The van der Waals surface area contributed by atoms with Gasteiger partial charge in [0.25, 0.3) is 0 Å². The van der Waals surface area contributed by atoms with Gasteiger partial charge in [0, 0.05) is 19.2 Å². The zero-order chi connectivity index (χ0) is 9.84. The summed E-state index contributed by atoms with van der Waals surface area (Å²) in [5.74, 6) is 6.73. The minimum atomic E-state index is 0.406. The molecule has 5 N–H and O–H groups in total. The van der Waals surface area contributed by atoms with Gasteiger partial charge in [0.05, 0.1) is 0 Å². The molecule has 1 heterocycles. The van der Waals surface area contributed by atoms with E-state index in [4.69, 9.17) is 11.6 Å². The SMILES string of the molecule is CCN(CC)C1=CC(N)=NN(N)N1. The summed E-state index contributed by atoms with van der Waals surface area (Å²) in [5, 5.41) is 4.89. The number of hydrogen-bond donors (Lipinski definition) is 3. The highest BCUT2D eigenvalue weighted by molar-refractivity contribution is 5.92. The first-order valence-corrected chi connectivity index (χ1v) is 4.29. The number of hydrazone groups is 1. The van der Waals surface area contributed by atoms with Gasteiger partial charge in [-0.2, -0.15) is 0 Å². The Morgan fingerprint density at radius 3 is 2.62 bits per heavy atom. The molecule has 0 saturated heterocycles. The summed E-state index contributed by atoms with van der Waals surface area (Å²) in [7, 11) is 0. The third-order valence-corrected chi connectivity index (χ3v) is 1.84. The number of amidine groups is 1. The van der Waals surface area contributed by atoms with Crippen LogP contribution in [0, 0.1) is 0 Å². The van der Waals surface area contributed by atoms with Crippen LogP contribution in [0.2, 0.25) is 0 Å².